The summed E-state index contributed by atoms with van der Waals surface area (Å²) in [4.78, 5) is 32.0. The third kappa shape index (κ3) is 12.4. The number of carboxylic acid groups (broad SMARTS) is 2. The number of hydrogen-bond acceptors (Lipinski definition) is 12. The van der Waals surface area contributed by atoms with Gasteiger partial charge in [0, 0.05) is 55.5 Å². The molecule has 2 aliphatic rings. The molecular weight excluding hydrogens is 756 g/mol. The number of tetrazole rings is 1. The zero-order valence-electron chi connectivity index (χ0n) is 28.2. The molecular formula is C32H34ClF6N9O6. The molecule has 54 heavy (non-hydrogen) atoms. The molecule has 0 atom stereocenters. The first-order valence-electron chi connectivity index (χ1n) is 16.1. The summed E-state index contributed by atoms with van der Waals surface area (Å²) in [6, 6.07) is 13.9. The van der Waals surface area contributed by atoms with E-state index in [1.165, 1.54) is 11.1 Å². The van der Waals surface area contributed by atoms with Crippen molar-refractivity contribution in [1.82, 2.24) is 35.5 Å². The Balaban J connectivity index is 0.000000396. The van der Waals surface area contributed by atoms with Gasteiger partial charge in [0.25, 0.3) is 0 Å². The Morgan fingerprint density at radius 2 is 1.56 bits per heavy atom. The van der Waals surface area contributed by atoms with Crippen molar-refractivity contribution in [3.8, 4) is 17.0 Å². The van der Waals surface area contributed by atoms with Gasteiger partial charge in [-0.15, -0.1) is 5.10 Å². The lowest BCUT2D eigenvalue weighted by Gasteiger charge is -2.37. The highest BCUT2D eigenvalue weighted by molar-refractivity contribution is 6.30. The van der Waals surface area contributed by atoms with Crippen LogP contribution in [-0.4, -0.2) is 109 Å². The Bertz CT molecular complexity index is 1820. The molecule has 2 aromatic heterocycles. The van der Waals surface area contributed by atoms with Crippen molar-refractivity contribution in [2.24, 2.45) is 0 Å². The van der Waals surface area contributed by atoms with Crippen LogP contribution in [0.25, 0.3) is 11.3 Å². The first-order chi connectivity index (χ1) is 25.5. The standard InChI is InChI=1S/C28H32ClN9O2.2C2HF3O2/c29-21-5-2-19(3-6-21)17-40-22-7-9-23-20(16-22)4-8-24-26(23)31-28(30)32-27(24)38-13-11-37(12-14-38)10-1-15-39-18-25-33-35-36-34-25;2*3-2(4,5)1(6)7/h2-3,5-7,9,16H,1,4,8,10-15,17-18H2,(H2,30,31,32)(H,33,34,35,36);2*(H,6,7). The fourth-order valence-electron chi connectivity index (χ4n) is 5.29. The van der Waals surface area contributed by atoms with Gasteiger partial charge in [0.2, 0.25) is 5.95 Å². The van der Waals surface area contributed by atoms with Gasteiger partial charge in [0.1, 0.15) is 24.8 Å². The molecule has 1 aliphatic heterocycles. The summed E-state index contributed by atoms with van der Waals surface area (Å²) < 4.78 is 75.2. The Labute approximate surface area is 308 Å². The zero-order chi connectivity index (χ0) is 39.5. The number of anilines is 2. The first-order valence-corrected chi connectivity index (χ1v) is 16.4. The molecule has 0 unspecified atom stereocenters. The van der Waals surface area contributed by atoms with Crippen LogP contribution in [0.2, 0.25) is 5.02 Å². The van der Waals surface area contributed by atoms with Crippen LogP contribution in [-0.2, 0) is 40.4 Å². The van der Waals surface area contributed by atoms with Gasteiger partial charge >= 0.3 is 24.3 Å². The molecule has 1 aliphatic carbocycles. The molecule has 0 saturated carbocycles. The number of piperazine rings is 1. The summed E-state index contributed by atoms with van der Waals surface area (Å²) >= 11 is 5.99. The molecule has 2 aromatic carbocycles. The predicted molar refractivity (Wildman–Crippen MR) is 180 cm³/mol. The van der Waals surface area contributed by atoms with Crippen molar-refractivity contribution >= 4 is 35.3 Å². The van der Waals surface area contributed by atoms with Crippen LogP contribution in [0.3, 0.4) is 0 Å². The fourth-order valence-corrected chi connectivity index (χ4v) is 5.42. The number of alkyl halides is 6. The van der Waals surface area contributed by atoms with E-state index in [2.05, 4.69) is 47.5 Å². The molecule has 5 N–H and O–H groups in total. The van der Waals surface area contributed by atoms with Crippen molar-refractivity contribution in [1.29, 1.82) is 0 Å². The number of aliphatic carboxylic acids is 2. The summed E-state index contributed by atoms with van der Waals surface area (Å²) in [6.45, 7) is 6.29. The molecule has 0 bridgehead atoms. The van der Waals surface area contributed by atoms with Gasteiger partial charge in [0.05, 0.1) is 5.69 Å². The lowest BCUT2D eigenvalue weighted by atomic mass is 9.88. The molecule has 0 radical (unpaired) electrons. The predicted octanol–water partition coefficient (Wildman–Crippen LogP) is 4.57. The largest absolute Gasteiger partial charge is 0.490 e. The monoisotopic (exact) mass is 789 g/mol. The lowest BCUT2D eigenvalue weighted by Crippen LogP contribution is -2.47. The number of H-pyrrole nitrogens is 1. The molecule has 292 valence electrons. The highest BCUT2D eigenvalue weighted by Gasteiger charge is 2.39. The van der Waals surface area contributed by atoms with Gasteiger partial charge in [-0.3, -0.25) is 4.90 Å². The van der Waals surface area contributed by atoms with E-state index < -0.39 is 24.3 Å². The quantitative estimate of drug-likeness (QED) is 0.128. The highest BCUT2D eigenvalue weighted by Crippen LogP contribution is 2.38. The third-order valence-electron chi connectivity index (χ3n) is 7.85. The molecule has 0 spiro atoms. The molecule has 4 aromatic rings. The van der Waals surface area contributed by atoms with E-state index >= 15 is 0 Å². The van der Waals surface area contributed by atoms with Gasteiger partial charge in [-0.05, 0) is 71.1 Å². The number of fused-ring (bicyclic) bond motifs is 3. The number of nitrogens with two attached hydrogens (primary N) is 1. The van der Waals surface area contributed by atoms with Gasteiger partial charge in [-0.1, -0.05) is 23.7 Å². The van der Waals surface area contributed by atoms with Gasteiger partial charge in [-0.25, -0.2) is 19.7 Å². The minimum atomic E-state index is -5.08. The number of nitrogens with one attached hydrogen (secondary N) is 1. The van der Waals surface area contributed by atoms with E-state index in [4.69, 9.17) is 51.6 Å². The number of carbonyl (C=O) groups is 2. The molecule has 6 rings (SSSR count). The van der Waals surface area contributed by atoms with Crippen molar-refractivity contribution in [2.45, 2.75) is 44.8 Å². The number of aromatic nitrogens is 6. The topological polar surface area (TPSA) is 206 Å². The van der Waals surface area contributed by atoms with Gasteiger partial charge in [0.15, 0.2) is 5.82 Å². The van der Waals surface area contributed by atoms with E-state index in [-0.39, 0.29) is 0 Å². The summed E-state index contributed by atoms with van der Waals surface area (Å²) in [7, 11) is 0. The summed E-state index contributed by atoms with van der Waals surface area (Å²) in [5.41, 5.74) is 11.8. The maximum atomic E-state index is 10.6. The van der Waals surface area contributed by atoms with E-state index in [0.717, 1.165) is 85.4 Å². The molecule has 3 heterocycles. The fraction of sp³-hybridized carbons (Fsp3) is 0.406. The number of rotatable bonds is 10. The Kier molecular flexibility index (Phi) is 14.3. The van der Waals surface area contributed by atoms with E-state index in [1.54, 1.807) is 0 Å². The maximum Gasteiger partial charge on any atom is 0.490 e. The first kappa shape index (κ1) is 41.5. The van der Waals surface area contributed by atoms with Crippen LogP contribution in [0, 0.1) is 0 Å². The number of nitrogens with zero attached hydrogens (tertiary/aromatic N) is 7. The smallest absolute Gasteiger partial charge is 0.489 e. The number of nitrogen functional groups attached to an aromatic ring is 1. The molecule has 1 fully saturated rings. The lowest BCUT2D eigenvalue weighted by molar-refractivity contribution is -0.193. The second-order valence-corrected chi connectivity index (χ2v) is 12.1. The SMILES string of the molecule is Nc1nc2c(c(N3CCN(CCCOCc4nnn[nH]4)CC3)n1)CCc1cc(OCc3ccc(Cl)cc3)ccc1-2.O=C(O)C(F)(F)F.O=C(O)C(F)(F)F. The van der Waals surface area contributed by atoms with Crippen LogP contribution in [0.1, 0.15) is 28.9 Å². The number of aromatic amines is 1. The summed E-state index contributed by atoms with van der Waals surface area (Å²) in [6.07, 6.45) is -7.43. The number of benzene rings is 2. The van der Waals surface area contributed by atoms with Crippen LogP contribution in [0.4, 0.5) is 38.1 Å². The van der Waals surface area contributed by atoms with Gasteiger partial charge in [-0.2, -0.15) is 31.3 Å². The Hall–Kier alpha value is -5.28. The Morgan fingerprint density at radius 1 is 0.907 bits per heavy atom. The van der Waals surface area contributed by atoms with Gasteiger partial charge < -0.3 is 30.3 Å². The number of halogens is 7. The van der Waals surface area contributed by atoms with Crippen LogP contribution < -0.4 is 15.4 Å². The minimum Gasteiger partial charge on any atom is -0.489 e. The number of carboxylic acids is 2. The Morgan fingerprint density at radius 3 is 2.15 bits per heavy atom. The summed E-state index contributed by atoms with van der Waals surface area (Å²) in [5, 5.41) is 28.6. The molecule has 1 saturated heterocycles. The van der Waals surface area contributed by atoms with Crippen molar-refractivity contribution in [3.63, 3.8) is 0 Å². The third-order valence-corrected chi connectivity index (χ3v) is 8.10. The molecule has 15 nitrogen and oxygen atoms in total. The number of hydrogen-bond donors (Lipinski definition) is 4. The van der Waals surface area contributed by atoms with Crippen molar-refractivity contribution < 1.29 is 55.6 Å². The average Bonchev–Trinajstić information content (AvgIpc) is 3.64. The minimum absolute atomic E-state index is 0.311. The average molecular weight is 790 g/mol. The van der Waals surface area contributed by atoms with Crippen LogP contribution in [0.5, 0.6) is 5.75 Å². The van der Waals surface area contributed by atoms with Crippen LogP contribution >= 0.6 is 11.6 Å². The number of ether oxygens (including phenoxy) is 2. The van der Waals surface area contributed by atoms with Crippen molar-refractivity contribution in [2.75, 3.05) is 50.0 Å². The van der Waals surface area contributed by atoms with Crippen molar-refractivity contribution in [3.05, 3.63) is 70.0 Å². The van der Waals surface area contributed by atoms with E-state index in [1.807, 2.05) is 30.3 Å². The van der Waals surface area contributed by atoms with E-state index in [0.29, 0.717) is 31.6 Å². The second kappa shape index (κ2) is 18.7. The molecule has 0 amide bonds. The zero-order valence-corrected chi connectivity index (χ0v) is 29.0. The molecule has 22 heteroatoms. The van der Waals surface area contributed by atoms with Crippen LogP contribution in [0.15, 0.2) is 42.5 Å². The maximum absolute atomic E-state index is 10.6. The normalized spacial score (nSPS) is 14.1. The number of aryl methyl sites for hydroxylation is 1. The highest BCUT2D eigenvalue weighted by atomic mass is 35.5. The summed E-state index contributed by atoms with van der Waals surface area (Å²) in [5.74, 6) is -2.74. The second-order valence-electron chi connectivity index (χ2n) is 11.7. The van der Waals surface area contributed by atoms with E-state index in [9.17, 15) is 26.3 Å².